The summed E-state index contributed by atoms with van der Waals surface area (Å²) >= 11 is 0. The Hall–Kier alpha value is -0.160. The summed E-state index contributed by atoms with van der Waals surface area (Å²) in [6.07, 6.45) is 2.75. The highest BCUT2D eigenvalue weighted by atomic mass is 15.2. The number of likely N-dealkylation sites (N-methyl/N-ethyl adjacent to an activating group) is 1. The quantitative estimate of drug-likeness (QED) is 0.845. The highest BCUT2D eigenvalue weighted by Crippen LogP contribution is 2.24. The fraction of sp³-hybridized carbons (Fsp3) is 1.00. The standard InChI is InChI=1S/C17H36N4/c1-17(2,3)21-9-6-15(7-10-21)12-20-11-8-18-16(14-20)13-19(4)5/h15-16,18H,6-14H2,1-5H3. The third-order valence-electron chi connectivity index (χ3n) is 5.00. The zero-order chi connectivity index (χ0) is 15.5. The molecule has 2 heterocycles. The van der Waals surface area contributed by atoms with Crippen LogP contribution in [0.25, 0.3) is 0 Å². The molecule has 0 aromatic heterocycles. The summed E-state index contributed by atoms with van der Waals surface area (Å²) in [6, 6.07) is 0.642. The lowest BCUT2D eigenvalue weighted by atomic mass is 9.92. The van der Waals surface area contributed by atoms with Crippen LogP contribution >= 0.6 is 0 Å². The molecule has 21 heavy (non-hydrogen) atoms. The van der Waals surface area contributed by atoms with Crippen LogP contribution in [-0.2, 0) is 0 Å². The van der Waals surface area contributed by atoms with E-state index in [1.54, 1.807) is 0 Å². The molecular weight excluding hydrogens is 260 g/mol. The minimum absolute atomic E-state index is 0.344. The van der Waals surface area contributed by atoms with Crippen LogP contribution in [0, 0.1) is 5.92 Å². The molecule has 0 aromatic rings. The summed E-state index contributed by atoms with van der Waals surface area (Å²) in [5.74, 6) is 0.904. The van der Waals surface area contributed by atoms with E-state index >= 15 is 0 Å². The van der Waals surface area contributed by atoms with Gasteiger partial charge in [0.05, 0.1) is 0 Å². The Labute approximate surface area is 131 Å². The van der Waals surface area contributed by atoms with Crippen LogP contribution in [0.5, 0.6) is 0 Å². The molecule has 0 radical (unpaired) electrons. The summed E-state index contributed by atoms with van der Waals surface area (Å²) < 4.78 is 0. The minimum Gasteiger partial charge on any atom is -0.310 e. The first-order chi connectivity index (χ1) is 9.84. The molecule has 0 bridgehead atoms. The van der Waals surface area contributed by atoms with Gasteiger partial charge in [-0.05, 0) is 66.7 Å². The van der Waals surface area contributed by atoms with Gasteiger partial charge in [0, 0.05) is 44.3 Å². The van der Waals surface area contributed by atoms with E-state index < -0.39 is 0 Å². The highest BCUT2D eigenvalue weighted by molar-refractivity contribution is 4.85. The maximum absolute atomic E-state index is 3.65. The van der Waals surface area contributed by atoms with E-state index in [9.17, 15) is 0 Å². The number of nitrogens with zero attached hydrogens (tertiary/aromatic N) is 3. The van der Waals surface area contributed by atoms with Crippen molar-refractivity contribution in [3.05, 3.63) is 0 Å². The Balaban J connectivity index is 1.73. The van der Waals surface area contributed by atoms with Crippen LogP contribution in [-0.4, -0.2) is 86.2 Å². The predicted octanol–water partition coefficient (Wildman–Crippen LogP) is 1.33. The van der Waals surface area contributed by atoms with Gasteiger partial charge in [-0.1, -0.05) is 0 Å². The molecule has 2 rings (SSSR count). The van der Waals surface area contributed by atoms with Gasteiger partial charge in [-0.15, -0.1) is 0 Å². The molecule has 0 saturated carbocycles. The second-order valence-electron chi connectivity index (χ2n) is 8.27. The van der Waals surface area contributed by atoms with Crippen LogP contribution in [0.3, 0.4) is 0 Å². The first kappa shape index (κ1) is 17.2. The van der Waals surface area contributed by atoms with Crippen molar-refractivity contribution < 1.29 is 0 Å². The molecule has 2 fully saturated rings. The van der Waals surface area contributed by atoms with E-state index in [4.69, 9.17) is 0 Å². The number of piperidine rings is 1. The van der Waals surface area contributed by atoms with Crippen LogP contribution < -0.4 is 5.32 Å². The number of hydrogen-bond acceptors (Lipinski definition) is 4. The average molecular weight is 297 g/mol. The van der Waals surface area contributed by atoms with Crippen molar-refractivity contribution in [2.45, 2.75) is 45.2 Å². The molecule has 0 aromatic carbocycles. The third kappa shape index (κ3) is 5.51. The lowest BCUT2D eigenvalue weighted by molar-refractivity contribution is 0.0680. The molecule has 4 nitrogen and oxygen atoms in total. The zero-order valence-electron chi connectivity index (χ0n) is 14.9. The van der Waals surface area contributed by atoms with Crippen molar-refractivity contribution in [2.75, 3.05) is 59.9 Å². The Morgan fingerprint density at radius 1 is 1.10 bits per heavy atom. The summed E-state index contributed by atoms with van der Waals surface area (Å²) in [7, 11) is 4.34. The molecule has 2 aliphatic rings. The molecule has 1 unspecified atom stereocenters. The van der Waals surface area contributed by atoms with Gasteiger partial charge in [0.15, 0.2) is 0 Å². The van der Waals surface area contributed by atoms with Gasteiger partial charge in [-0.3, -0.25) is 4.90 Å². The van der Waals surface area contributed by atoms with Crippen molar-refractivity contribution >= 4 is 0 Å². The van der Waals surface area contributed by atoms with Gasteiger partial charge in [-0.2, -0.15) is 0 Å². The zero-order valence-corrected chi connectivity index (χ0v) is 14.9. The molecule has 0 spiro atoms. The lowest BCUT2D eigenvalue weighted by Gasteiger charge is -2.43. The maximum atomic E-state index is 3.65. The third-order valence-corrected chi connectivity index (χ3v) is 5.00. The molecule has 2 saturated heterocycles. The summed E-state index contributed by atoms with van der Waals surface area (Å²) in [4.78, 5) is 7.64. The maximum Gasteiger partial charge on any atom is 0.0322 e. The molecule has 4 heteroatoms. The van der Waals surface area contributed by atoms with Crippen LogP contribution in [0.2, 0.25) is 0 Å². The van der Waals surface area contributed by atoms with Gasteiger partial charge in [0.25, 0.3) is 0 Å². The second-order valence-corrected chi connectivity index (χ2v) is 8.27. The van der Waals surface area contributed by atoms with Crippen molar-refractivity contribution in [3.63, 3.8) is 0 Å². The monoisotopic (exact) mass is 296 g/mol. The van der Waals surface area contributed by atoms with E-state index in [-0.39, 0.29) is 0 Å². The second kappa shape index (κ2) is 7.40. The molecule has 0 aliphatic carbocycles. The smallest absolute Gasteiger partial charge is 0.0322 e. The topological polar surface area (TPSA) is 21.8 Å². The average Bonchev–Trinajstić information content (AvgIpc) is 2.38. The number of likely N-dealkylation sites (tertiary alicyclic amines) is 1. The molecule has 1 atom stereocenters. The highest BCUT2D eigenvalue weighted by Gasteiger charge is 2.29. The van der Waals surface area contributed by atoms with Crippen molar-refractivity contribution in [1.29, 1.82) is 0 Å². The summed E-state index contributed by atoms with van der Waals surface area (Å²) in [6.45, 7) is 15.6. The molecule has 1 N–H and O–H groups in total. The Morgan fingerprint density at radius 2 is 1.76 bits per heavy atom. The number of piperazine rings is 1. The summed E-state index contributed by atoms with van der Waals surface area (Å²) in [5, 5.41) is 3.65. The first-order valence-electron chi connectivity index (χ1n) is 8.70. The number of hydrogen-bond donors (Lipinski definition) is 1. The van der Waals surface area contributed by atoms with Crippen LogP contribution in [0.4, 0.5) is 0 Å². The Bertz CT molecular complexity index is 302. The van der Waals surface area contributed by atoms with Gasteiger partial charge < -0.3 is 15.1 Å². The van der Waals surface area contributed by atoms with Crippen LogP contribution in [0.1, 0.15) is 33.6 Å². The van der Waals surface area contributed by atoms with Gasteiger partial charge in [-0.25, -0.2) is 0 Å². The molecular formula is C17H36N4. The van der Waals surface area contributed by atoms with E-state index in [2.05, 4.69) is 54.9 Å². The van der Waals surface area contributed by atoms with Crippen molar-refractivity contribution in [2.24, 2.45) is 5.92 Å². The Morgan fingerprint density at radius 3 is 2.33 bits per heavy atom. The number of nitrogens with one attached hydrogen (secondary N) is 1. The largest absolute Gasteiger partial charge is 0.310 e. The van der Waals surface area contributed by atoms with Gasteiger partial charge in [0.2, 0.25) is 0 Å². The van der Waals surface area contributed by atoms with E-state index in [1.165, 1.54) is 45.6 Å². The first-order valence-corrected chi connectivity index (χ1v) is 8.70. The van der Waals surface area contributed by atoms with Gasteiger partial charge >= 0.3 is 0 Å². The van der Waals surface area contributed by atoms with Gasteiger partial charge in [0.1, 0.15) is 0 Å². The normalized spacial score (nSPS) is 27.4. The minimum atomic E-state index is 0.344. The lowest BCUT2D eigenvalue weighted by Crippen LogP contribution is -2.55. The SMILES string of the molecule is CN(C)CC1CN(CC2CCN(C(C)(C)C)CC2)CCN1. The number of rotatable bonds is 4. The molecule has 124 valence electrons. The molecule has 0 amide bonds. The fourth-order valence-electron chi connectivity index (χ4n) is 3.77. The van der Waals surface area contributed by atoms with E-state index in [0.29, 0.717) is 11.6 Å². The van der Waals surface area contributed by atoms with Crippen molar-refractivity contribution in [3.8, 4) is 0 Å². The molecule has 2 aliphatic heterocycles. The fourth-order valence-corrected chi connectivity index (χ4v) is 3.77. The summed E-state index contributed by atoms with van der Waals surface area (Å²) in [5.41, 5.74) is 0.344. The Kier molecular flexibility index (Phi) is 6.06. The predicted molar refractivity (Wildman–Crippen MR) is 90.8 cm³/mol. The van der Waals surface area contributed by atoms with E-state index in [1.807, 2.05) is 0 Å². The van der Waals surface area contributed by atoms with Crippen LogP contribution in [0.15, 0.2) is 0 Å². The van der Waals surface area contributed by atoms with E-state index in [0.717, 1.165) is 19.0 Å². The van der Waals surface area contributed by atoms with Crippen molar-refractivity contribution in [1.82, 2.24) is 20.0 Å².